The summed E-state index contributed by atoms with van der Waals surface area (Å²) in [6, 6.07) is 2.28. The van der Waals surface area contributed by atoms with E-state index in [0.29, 0.717) is 13.1 Å². The third-order valence-corrected chi connectivity index (χ3v) is 2.78. The number of amides is 1. The fraction of sp³-hybridized carbons (Fsp3) is 0.364. The van der Waals surface area contributed by atoms with Gasteiger partial charge in [0.15, 0.2) is 5.88 Å². The number of aromatic nitrogens is 1. The van der Waals surface area contributed by atoms with E-state index in [4.69, 9.17) is 5.11 Å². The van der Waals surface area contributed by atoms with Crippen molar-refractivity contribution in [2.24, 2.45) is 5.92 Å². The van der Waals surface area contributed by atoms with Crippen LogP contribution in [0.4, 0.5) is 0 Å². The van der Waals surface area contributed by atoms with Crippen LogP contribution in [0.2, 0.25) is 0 Å². The number of aliphatic carboxylic acids is 1. The lowest BCUT2D eigenvalue weighted by Gasteiger charge is -2.38. The molecule has 2 rings (SSSR count). The van der Waals surface area contributed by atoms with Crippen LogP contribution in [0, 0.1) is 5.92 Å². The number of aromatic amines is 1. The molecule has 0 aromatic carbocycles. The monoisotopic (exact) mass is 252 g/mol. The Morgan fingerprint density at radius 1 is 1.39 bits per heavy atom. The molecule has 96 valence electrons. The number of carbonyl (C=O) groups excluding carboxylic acids is 1. The predicted octanol–water partition coefficient (Wildman–Crippen LogP) is -0.373. The lowest BCUT2D eigenvalue weighted by Crippen LogP contribution is -2.50. The number of nitrogens with zero attached hydrogens (tertiary/aromatic N) is 1. The molecule has 0 radical (unpaired) electrons. The van der Waals surface area contributed by atoms with Crippen molar-refractivity contribution >= 4 is 11.9 Å². The first-order chi connectivity index (χ1) is 8.45. The van der Waals surface area contributed by atoms with Crippen molar-refractivity contribution in [1.82, 2.24) is 9.88 Å². The van der Waals surface area contributed by atoms with Crippen LogP contribution >= 0.6 is 0 Å². The van der Waals surface area contributed by atoms with Crippen LogP contribution in [0.25, 0.3) is 0 Å². The molecule has 18 heavy (non-hydrogen) atoms. The molecule has 1 aromatic rings. The number of likely N-dealkylation sites (tertiary alicyclic amines) is 1. The second-order valence-electron chi connectivity index (χ2n) is 4.29. The van der Waals surface area contributed by atoms with E-state index in [0.717, 1.165) is 6.07 Å². The van der Waals surface area contributed by atoms with Gasteiger partial charge in [-0.25, -0.2) is 0 Å². The number of hydrogen-bond acceptors (Lipinski definition) is 4. The van der Waals surface area contributed by atoms with Gasteiger partial charge in [-0.15, -0.1) is 0 Å². The van der Waals surface area contributed by atoms with Gasteiger partial charge in [-0.3, -0.25) is 19.4 Å². The van der Waals surface area contributed by atoms with Gasteiger partial charge in [0.05, 0.1) is 12.0 Å². The van der Waals surface area contributed by atoms with E-state index >= 15 is 0 Å². The minimum absolute atomic E-state index is 0.0321. The topological polar surface area (TPSA) is 111 Å². The van der Waals surface area contributed by atoms with Crippen LogP contribution in [-0.2, 0) is 4.79 Å². The van der Waals surface area contributed by atoms with E-state index in [2.05, 4.69) is 4.98 Å². The van der Waals surface area contributed by atoms with Crippen LogP contribution in [-0.4, -0.2) is 45.1 Å². The zero-order valence-corrected chi connectivity index (χ0v) is 9.42. The van der Waals surface area contributed by atoms with Gasteiger partial charge in [-0.05, 0) is 0 Å². The second kappa shape index (κ2) is 4.52. The summed E-state index contributed by atoms with van der Waals surface area (Å²) in [4.78, 5) is 37.0. The van der Waals surface area contributed by atoms with Gasteiger partial charge in [0, 0.05) is 31.1 Å². The van der Waals surface area contributed by atoms with Crippen molar-refractivity contribution in [2.75, 3.05) is 13.1 Å². The van der Waals surface area contributed by atoms with Gasteiger partial charge in [-0.2, -0.15) is 0 Å². The fourth-order valence-corrected chi connectivity index (χ4v) is 1.95. The van der Waals surface area contributed by atoms with Crippen LogP contribution in [0.5, 0.6) is 5.88 Å². The third-order valence-electron chi connectivity index (χ3n) is 2.78. The molecule has 3 N–H and O–H groups in total. The van der Waals surface area contributed by atoms with E-state index in [1.54, 1.807) is 0 Å². The first-order valence-electron chi connectivity index (χ1n) is 5.40. The molecule has 1 aromatic heterocycles. The zero-order valence-electron chi connectivity index (χ0n) is 9.42. The smallest absolute Gasteiger partial charge is 0.303 e. The van der Waals surface area contributed by atoms with Crippen LogP contribution in [0.1, 0.15) is 16.8 Å². The molecule has 7 nitrogen and oxygen atoms in total. The molecule has 0 unspecified atom stereocenters. The molecule has 1 aliphatic heterocycles. The highest BCUT2D eigenvalue weighted by Crippen LogP contribution is 2.21. The first-order valence-corrected chi connectivity index (χ1v) is 5.40. The lowest BCUT2D eigenvalue weighted by atomic mass is 9.95. The van der Waals surface area contributed by atoms with Gasteiger partial charge in [0.25, 0.3) is 11.5 Å². The molecule has 0 aliphatic carbocycles. The largest absolute Gasteiger partial charge is 0.494 e. The Hall–Kier alpha value is -2.31. The van der Waals surface area contributed by atoms with Crippen molar-refractivity contribution in [3.63, 3.8) is 0 Å². The summed E-state index contributed by atoms with van der Waals surface area (Å²) < 4.78 is 0. The molecule has 2 heterocycles. The van der Waals surface area contributed by atoms with Gasteiger partial charge in [0.2, 0.25) is 0 Å². The Balaban J connectivity index is 2.01. The minimum atomic E-state index is -0.888. The Morgan fingerprint density at radius 2 is 2.06 bits per heavy atom. The lowest BCUT2D eigenvalue weighted by molar-refractivity contribution is -0.139. The molecule has 1 fully saturated rings. The number of nitrogens with one attached hydrogen (secondary N) is 1. The van der Waals surface area contributed by atoms with Gasteiger partial charge in [-0.1, -0.05) is 0 Å². The summed E-state index contributed by atoms with van der Waals surface area (Å²) in [5.41, 5.74) is -0.453. The average molecular weight is 252 g/mol. The number of aromatic hydroxyl groups is 1. The summed E-state index contributed by atoms with van der Waals surface area (Å²) in [5.74, 6) is -1.67. The number of carbonyl (C=O) groups is 2. The Kier molecular flexibility index (Phi) is 3.05. The zero-order chi connectivity index (χ0) is 13.3. The predicted molar refractivity (Wildman–Crippen MR) is 60.4 cm³/mol. The molecule has 0 bridgehead atoms. The second-order valence-corrected chi connectivity index (χ2v) is 4.29. The molecule has 7 heteroatoms. The number of carboxylic acid groups (broad SMARTS) is 1. The fourth-order valence-electron chi connectivity index (χ4n) is 1.95. The van der Waals surface area contributed by atoms with Crippen LogP contribution in [0.15, 0.2) is 16.9 Å². The molecule has 0 atom stereocenters. The normalized spacial score (nSPS) is 15.2. The standard InChI is InChI=1S/C11H12N2O5/c14-8-2-7(3-9(15)12-8)11(18)13-4-6(5-13)1-10(16)17/h2-3,6H,1,4-5H2,(H,16,17)(H2,12,14,15). The van der Waals surface area contributed by atoms with Crippen LogP contribution < -0.4 is 5.56 Å². The summed E-state index contributed by atoms with van der Waals surface area (Å²) in [6.07, 6.45) is 0.0321. The maximum absolute atomic E-state index is 11.9. The first kappa shape index (κ1) is 12.2. The van der Waals surface area contributed by atoms with Gasteiger partial charge < -0.3 is 15.1 Å². The number of H-pyrrole nitrogens is 1. The van der Waals surface area contributed by atoms with E-state index < -0.39 is 11.5 Å². The van der Waals surface area contributed by atoms with Crippen molar-refractivity contribution in [2.45, 2.75) is 6.42 Å². The molecule has 0 spiro atoms. The minimum Gasteiger partial charge on any atom is -0.494 e. The summed E-state index contributed by atoms with van der Waals surface area (Å²) in [5, 5.41) is 17.8. The highest BCUT2D eigenvalue weighted by atomic mass is 16.4. The molecule has 1 saturated heterocycles. The van der Waals surface area contributed by atoms with Crippen molar-refractivity contribution < 1.29 is 19.8 Å². The van der Waals surface area contributed by atoms with Crippen molar-refractivity contribution in [3.05, 3.63) is 28.0 Å². The Bertz CT molecular complexity index is 545. The van der Waals surface area contributed by atoms with Gasteiger partial charge >= 0.3 is 5.97 Å². The molecular weight excluding hydrogens is 240 g/mol. The molecular formula is C11H12N2O5. The van der Waals surface area contributed by atoms with Crippen LogP contribution in [0.3, 0.4) is 0 Å². The number of pyridine rings is 1. The Morgan fingerprint density at radius 3 is 2.61 bits per heavy atom. The molecule has 1 aliphatic rings. The number of hydrogen-bond donors (Lipinski definition) is 3. The van der Waals surface area contributed by atoms with Crippen molar-refractivity contribution in [3.8, 4) is 5.88 Å². The molecule has 0 saturated carbocycles. The summed E-state index contributed by atoms with van der Waals surface area (Å²) in [7, 11) is 0. The highest BCUT2D eigenvalue weighted by Gasteiger charge is 2.32. The van der Waals surface area contributed by atoms with E-state index in [1.165, 1.54) is 11.0 Å². The van der Waals surface area contributed by atoms with E-state index in [-0.39, 0.29) is 29.7 Å². The van der Waals surface area contributed by atoms with Gasteiger partial charge in [0.1, 0.15) is 0 Å². The maximum atomic E-state index is 11.9. The SMILES string of the molecule is O=C(O)CC1CN(C(=O)c2cc(O)[nH]c(=O)c2)C1. The van der Waals surface area contributed by atoms with Crippen molar-refractivity contribution in [1.29, 1.82) is 0 Å². The third kappa shape index (κ3) is 2.50. The maximum Gasteiger partial charge on any atom is 0.303 e. The Labute approximate surface area is 102 Å². The number of carboxylic acids is 1. The number of rotatable bonds is 3. The quantitative estimate of drug-likeness (QED) is 0.679. The molecule has 1 amide bonds. The summed E-state index contributed by atoms with van der Waals surface area (Å²) >= 11 is 0. The highest BCUT2D eigenvalue weighted by molar-refractivity contribution is 5.95. The average Bonchev–Trinajstić information content (AvgIpc) is 2.20. The van der Waals surface area contributed by atoms with E-state index in [9.17, 15) is 19.5 Å². The van der Waals surface area contributed by atoms with E-state index in [1.807, 2.05) is 0 Å². The summed E-state index contributed by atoms with van der Waals surface area (Å²) in [6.45, 7) is 0.720.